The van der Waals surface area contributed by atoms with E-state index in [2.05, 4.69) is 16.3 Å². The lowest BCUT2D eigenvalue weighted by atomic mass is 10.1. The van der Waals surface area contributed by atoms with Crippen molar-refractivity contribution in [3.8, 4) is 0 Å². The molecule has 0 unspecified atom stereocenters. The Balaban J connectivity index is 1.90. The highest BCUT2D eigenvalue weighted by Crippen LogP contribution is 2.32. The fourth-order valence-corrected chi connectivity index (χ4v) is 3.09. The van der Waals surface area contributed by atoms with Gasteiger partial charge < -0.3 is 9.80 Å². The van der Waals surface area contributed by atoms with Gasteiger partial charge in [-0.05, 0) is 29.6 Å². The van der Waals surface area contributed by atoms with Gasteiger partial charge in [0.1, 0.15) is 0 Å². The number of benzene rings is 1. The summed E-state index contributed by atoms with van der Waals surface area (Å²) in [5, 5.41) is 2.05. The molecule has 1 aromatic heterocycles. The first kappa shape index (κ1) is 12.9. The summed E-state index contributed by atoms with van der Waals surface area (Å²) in [7, 11) is 3.63. The van der Waals surface area contributed by atoms with Crippen molar-refractivity contribution in [3.05, 3.63) is 46.2 Å². The molecule has 0 atom stereocenters. The first-order valence-corrected chi connectivity index (χ1v) is 7.16. The highest BCUT2D eigenvalue weighted by atomic mass is 32.1. The second kappa shape index (κ2) is 4.76. The van der Waals surface area contributed by atoms with Crippen LogP contribution in [0, 0.1) is 0 Å². The molecule has 1 aliphatic heterocycles. The molecule has 0 N–H and O–H groups in total. The molecule has 0 aliphatic carbocycles. The standard InChI is InChI=1S/C15H14N2O2S/c1-16(9-11-4-3-7-20-11)10-5-6-12-13(8-10)17(2)15(19)14(12)18/h3-8H,9H2,1-2H3. The number of likely N-dealkylation sites (N-methyl/N-ethyl adjacent to an activating group) is 1. The highest BCUT2D eigenvalue weighted by molar-refractivity contribution is 7.09. The molecule has 0 saturated heterocycles. The zero-order valence-corrected chi connectivity index (χ0v) is 12.1. The molecular formula is C15H14N2O2S. The molecule has 0 spiro atoms. The number of fused-ring (bicyclic) bond motifs is 1. The van der Waals surface area contributed by atoms with Crippen molar-refractivity contribution in [1.29, 1.82) is 0 Å². The van der Waals surface area contributed by atoms with Crippen LogP contribution >= 0.6 is 11.3 Å². The van der Waals surface area contributed by atoms with Crippen LogP contribution in [0.15, 0.2) is 35.7 Å². The minimum Gasteiger partial charge on any atom is -0.369 e. The lowest BCUT2D eigenvalue weighted by Crippen LogP contribution is -2.24. The van der Waals surface area contributed by atoms with Crippen LogP contribution in [0.3, 0.4) is 0 Å². The molecule has 0 bridgehead atoms. The number of rotatable bonds is 3. The van der Waals surface area contributed by atoms with Gasteiger partial charge in [0.15, 0.2) is 0 Å². The van der Waals surface area contributed by atoms with Gasteiger partial charge in [-0.3, -0.25) is 9.59 Å². The number of anilines is 2. The Hall–Kier alpha value is -2.14. The van der Waals surface area contributed by atoms with E-state index in [-0.39, 0.29) is 0 Å². The molecule has 102 valence electrons. The number of hydrogen-bond donors (Lipinski definition) is 0. The molecular weight excluding hydrogens is 272 g/mol. The molecule has 1 aliphatic rings. The maximum absolute atomic E-state index is 11.7. The van der Waals surface area contributed by atoms with E-state index in [1.807, 2.05) is 25.2 Å². The zero-order valence-electron chi connectivity index (χ0n) is 11.3. The lowest BCUT2D eigenvalue weighted by Gasteiger charge is -2.20. The Morgan fingerprint density at radius 1 is 1.25 bits per heavy atom. The SMILES string of the molecule is CN(Cc1cccs1)c1ccc2c(c1)N(C)C(=O)C2=O. The smallest absolute Gasteiger partial charge is 0.299 e. The molecule has 0 saturated carbocycles. The van der Waals surface area contributed by atoms with Crippen LogP contribution < -0.4 is 9.80 Å². The number of carbonyl (C=O) groups excluding carboxylic acids is 2. The molecule has 1 amide bonds. The Morgan fingerprint density at radius 2 is 2.05 bits per heavy atom. The van der Waals surface area contributed by atoms with E-state index in [1.54, 1.807) is 24.5 Å². The summed E-state index contributed by atoms with van der Waals surface area (Å²) in [6.07, 6.45) is 0. The van der Waals surface area contributed by atoms with Crippen molar-refractivity contribution in [3.63, 3.8) is 0 Å². The summed E-state index contributed by atoms with van der Waals surface area (Å²) in [4.78, 5) is 28.2. The van der Waals surface area contributed by atoms with Gasteiger partial charge in [-0.2, -0.15) is 0 Å². The number of hydrogen-bond acceptors (Lipinski definition) is 4. The number of nitrogens with zero attached hydrogens (tertiary/aromatic N) is 2. The Morgan fingerprint density at radius 3 is 2.75 bits per heavy atom. The van der Waals surface area contributed by atoms with Gasteiger partial charge in [0.2, 0.25) is 0 Å². The normalized spacial score (nSPS) is 13.8. The molecule has 0 radical (unpaired) electrons. The van der Waals surface area contributed by atoms with E-state index < -0.39 is 11.7 Å². The van der Waals surface area contributed by atoms with E-state index in [0.29, 0.717) is 11.3 Å². The van der Waals surface area contributed by atoms with Crippen LogP contribution in [0.4, 0.5) is 11.4 Å². The topological polar surface area (TPSA) is 40.6 Å². The van der Waals surface area contributed by atoms with Crippen LogP contribution in [-0.4, -0.2) is 25.8 Å². The van der Waals surface area contributed by atoms with Gasteiger partial charge in [-0.15, -0.1) is 11.3 Å². The quantitative estimate of drug-likeness (QED) is 0.814. The first-order chi connectivity index (χ1) is 9.58. The lowest BCUT2D eigenvalue weighted by molar-refractivity contribution is -0.114. The van der Waals surface area contributed by atoms with Gasteiger partial charge >= 0.3 is 0 Å². The summed E-state index contributed by atoms with van der Waals surface area (Å²) in [6.45, 7) is 0.808. The van der Waals surface area contributed by atoms with Crippen LogP contribution in [0.1, 0.15) is 15.2 Å². The van der Waals surface area contributed by atoms with Gasteiger partial charge in [-0.25, -0.2) is 0 Å². The minimum atomic E-state index is -0.460. The summed E-state index contributed by atoms with van der Waals surface area (Å²) >= 11 is 1.71. The Kier molecular flexibility index (Phi) is 3.06. The predicted molar refractivity (Wildman–Crippen MR) is 80.6 cm³/mol. The molecule has 3 rings (SSSR count). The minimum absolute atomic E-state index is 0.421. The van der Waals surface area contributed by atoms with Crippen LogP contribution in [-0.2, 0) is 11.3 Å². The summed E-state index contributed by atoms with van der Waals surface area (Å²) in [5.74, 6) is -0.881. The third-order valence-electron chi connectivity index (χ3n) is 3.50. The summed E-state index contributed by atoms with van der Waals surface area (Å²) in [5.41, 5.74) is 2.17. The van der Waals surface area contributed by atoms with Crippen molar-refractivity contribution in [2.45, 2.75) is 6.54 Å². The predicted octanol–water partition coefficient (Wildman–Crippen LogP) is 2.54. The average Bonchev–Trinajstić information content (AvgIpc) is 3.03. The summed E-state index contributed by atoms with van der Waals surface area (Å²) < 4.78 is 0. The third-order valence-corrected chi connectivity index (χ3v) is 4.36. The van der Waals surface area contributed by atoms with Crippen molar-refractivity contribution >= 4 is 34.4 Å². The maximum Gasteiger partial charge on any atom is 0.299 e. The Bertz CT molecular complexity index is 679. The van der Waals surface area contributed by atoms with Gasteiger partial charge in [0.25, 0.3) is 11.7 Å². The van der Waals surface area contributed by atoms with E-state index in [1.165, 1.54) is 9.78 Å². The third kappa shape index (κ3) is 2.00. The van der Waals surface area contributed by atoms with Crippen LogP contribution in [0.25, 0.3) is 0 Å². The number of ketones is 1. The van der Waals surface area contributed by atoms with Crippen molar-refractivity contribution in [2.75, 3.05) is 23.9 Å². The van der Waals surface area contributed by atoms with Crippen molar-refractivity contribution in [1.82, 2.24) is 0 Å². The second-order valence-electron chi connectivity index (χ2n) is 4.83. The number of thiophene rings is 1. The van der Waals surface area contributed by atoms with Crippen LogP contribution in [0.2, 0.25) is 0 Å². The number of carbonyl (C=O) groups is 2. The number of Topliss-reactive ketones (excluding diaryl/α,β-unsaturated/α-hetero) is 1. The molecule has 1 aromatic carbocycles. The molecule has 20 heavy (non-hydrogen) atoms. The second-order valence-corrected chi connectivity index (χ2v) is 5.86. The van der Waals surface area contributed by atoms with E-state index in [9.17, 15) is 9.59 Å². The maximum atomic E-state index is 11.7. The molecule has 0 fully saturated rings. The van der Waals surface area contributed by atoms with E-state index in [0.717, 1.165) is 12.2 Å². The van der Waals surface area contributed by atoms with Gasteiger partial charge in [-0.1, -0.05) is 6.07 Å². The van der Waals surface area contributed by atoms with E-state index in [4.69, 9.17) is 0 Å². The molecule has 4 nitrogen and oxygen atoms in total. The fourth-order valence-electron chi connectivity index (χ4n) is 2.33. The fraction of sp³-hybridized carbons (Fsp3) is 0.200. The van der Waals surface area contributed by atoms with Gasteiger partial charge in [0, 0.05) is 24.7 Å². The average molecular weight is 286 g/mol. The highest BCUT2D eigenvalue weighted by Gasteiger charge is 2.33. The largest absolute Gasteiger partial charge is 0.369 e. The molecule has 2 aromatic rings. The van der Waals surface area contributed by atoms with E-state index >= 15 is 0 Å². The molecule has 2 heterocycles. The van der Waals surface area contributed by atoms with Gasteiger partial charge in [0.05, 0.1) is 17.8 Å². The molecule has 5 heteroatoms. The zero-order chi connectivity index (χ0) is 14.3. The monoisotopic (exact) mass is 286 g/mol. The number of amides is 1. The summed E-state index contributed by atoms with van der Waals surface area (Å²) in [6, 6.07) is 9.64. The van der Waals surface area contributed by atoms with Crippen molar-refractivity contribution in [2.24, 2.45) is 0 Å². The van der Waals surface area contributed by atoms with Crippen LogP contribution in [0.5, 0.6) is 0 Å². The van der Waals surface area contributed by atoms with Crippen molar-refractivity contribution < 1.29 is 9.59 Å². The first-order valence-electron chi connectivity index (χ1n) is 6.28. The Labute approximate surface area is 121 Å².